The lowest BCUT2D eigenvalue weighted by Gasteiger charge is -2.32. The molecule has 0 bridgehead atoms. The summed E-state index contributed by atoms with van der Waals surface area (Å²) in [7, 11) is 3.89. The van der Waals surface area contributed by atoms with Crippen molar-refractivity contribution in [2.75, 3.05) is 46.8 Å². The monoisotopic (exact) mass is 311 g/mol. The van der Waals surface area contributed by atoms with Crippen LogP contribution in [-0.2, 0) is 14.4 Å². The van der Waals surface area contributed by atoms with Crippen LogP contribution in [0.4, 0.5) is 0 Å². The minimum absolute atomic E-state index is 0.0204. The van der Waals surface area contributed by atoms with Crippen LogP contribution in [0.15, 0.2) is 0 Å². The van der Waals surface area contributed by atoms with Crippen LogP contribution in [0.3, 0.4) is 0 Å². The van der Waals surface area contributed by atoms with E-state index in [0.717, 1.165) is 6.54 Å². The fourth-order valence-corrected chi connectivity index (χ4v) is 3.11. The zero-order valence-corrected chi connectivity index (χ0v) is 13.3. The molecular formula is C15H25N3O4. The van der Waals surface area contributed by atoms with E-state index in [1.807, 2.05) is 19.0 Å². The molecule has 0 aliphatic carbocycles. The summed E-state index contributed by atoms with van der Waals surface area (Å²) in [4.78, 5) is 41.0. The predicted octanol–water partition coefficient (Wildman–Crippen LogP) is -0.280. The average Bonchev–Trinajstić information content (AvgIpc) is 2.85. The first kappa shape index (κ1) is 16.7. The molecule has 1 N–H and O–H groups in total. The third-order valence-corrected chi connectivity index (χ3v) is 4.46. The third-order valence-electron chi connectivity index (χ3n) is 4.46. The highest BCUT2D eigenvalue weighted by Crippen LogP contribution is 2.24. The van der Waals surface area contributed by atoms with Gasteiger partial charge in [-0.1, -0.05) is 0 Å². The van der Waals surface area contributed by atoms with Crippen LogP contribution in [0.25, 0.3) is 0 Å². The van der Waals surface area contributed by atoms with Gasteiger partial charge in [-0.25, -0.2) is 0 Å². The Morgan fingerprint density at radius 1 is 1.27 bits per heavy atom. The number of hydrogen-bond acceptors (Lipinski definition) is 4. The maximum absolute atomic E-state index is 12.5. The number of likely N-dealkylation sites (tertiary alicyclic amines) is 2. The molecule has 0 spiro atoms. The average molecular weight is 311 g/mol. The van der Waals surface area contributed by atoms with Crippen molar-refractivity contribution in [3.63, 3.8) is 0 Å². The van der Waals surface area contributed by atoms with E-state index >= 15 is 0 Å². The Morgan fingerprint density at radius 3 is 2.64 bits per heavy atom. The molecule has 22 heavy (non-hydrogen) atoms. The summed E-state index contributed by atoms with van der Waals surface area (Å²) in [5, 5.41) is 9.10. The van der Waals surface area contributed by atoms with Crippen molar-refractivity contribution in [3.8, 4) is 0 Å². The number of carbonyl (C=O) groups excluding carboxylic acids is 2. The van der Waals surface area contributed by atoms with Crippen LogP contribution in [0.1, 0.15) is 19.3 Å². The van der Waals surface area contributed by atoms with E-state index in [2.05, 4.69) is 0 Å². The van der Waals surface area contributed by atoms with Gasteiger partial charge in [-0.05, 0) is 26.9 Å². The van der Waals surface area contributed by atoms with Gasteiger partial charge >= 0.3 is 5.97 Å². The van der Waals surface area contributed by atoms with Crippen LogP contribution in [0, 0.1) is 11.8 Å². The SMILES string of the molecule is CN(C)CCN1CC(C(=O)N2CCCC(C(=O)O)C2)CC1=O. The lowest BCUT2D eigenvalue weighted by atomic mass is 9.96. The number of piperidine rings is 1. The molecule has 2 heterocycles. The topological polar surface area (TPSA) is 81.2 Å². The fraction of sp³-hybridized carbons (Fsp3) is 0.800. The summed E-state index contributed by atoms with van der Waals surface area (Å²) >= 11 is 0. The molecule has 0 saturated carbocycles. The molecule has 2 rings (SSSR count). The van der Waals surface area contributed by atoms with Crippen molar-refractivity contribution >= 4 is 17.8 Å². The van der Waals surface area contributed by atoms with Crippen LogP contribution < -0.4 is 0 Å². The van der Waals surface area contributed by atoms with Crippen LogP contribution in [-0.4, -0.2) is 84.4 Å². The molecule has 2 fully saturated rings. The molecule has 0 radical (unpaired) electrons. The second-order valence-electron chi connectivity index (χ2n) is 6.51. The predicted molar refractivity (Wildman–Crippen MR) is 80.2 cm³/mol. The van der Waals surface area contributed by atoms with Crippen molar-refractivity contribution in [1.29, 1.82) is 0 Å². The quantitative estimate of drug-likeness (QED) is 0.755. The molecule has 124 valence electrons. The number of likely N-dealkylation sites (N-methyl/N-ethyl adjacent to an activating group) is 1. The van der Waals surface area contributed by atoms with Gasteiger partial charge < -0.3 is 19.8 Å². The highest BCUT2D eigenvalue weighted by Gasteiger charge is 2.38. The summed E-state index contributed by atoms with van der Waals surface area (Å²) in [6, 6.07) is 0. The van der Waals surface area contributed by atoms with Gasteiger partial charge in [0.2, 0.25) is 11.8 Å². The van der Waals surface area contributed by atoms with Crippen LogP contribution >= 0.6 is 0 Å². The van der Waals surface area contributed by atoms with Gasteiger partial charge in [-0.2, -0.15) is 0 Å². The summed E-state index contributed by atoms with van der Waals surface area (Å²) in [6.07, 6.45) is 1.59. The third kappa shape index (κ3) is 3.97. The van der Waals surface area contributed by atoms with Gasteiger partial charge in [0.05, 0.1) is 11.8 Å². The van der Waals surface area contributed by atoms with Crippen molar-refractivity contribution in [2.45, 2.75) is 19.3 Å². The summed E-state index contributed by atoms with van der Waals surface area (Å²) in [5.41, 5.74) is 0. The zero-order valence-electron chi connectivity index (χ0n) is 13.3. The van der Waals surface area contributed by atoms with Gasteiger partial charge in [0, 0.05) is 39.1 Å². The molecule has 2 atom stereocenters. The van der Waals surface area contributed by atoms with Crippen molar-refractivity contribution < 1.29 is 19.5 Å². The maximum Gasteiger partial charge on any atom is 0.308 e. The number of carboxylic acids is 1. The zero-order chi connectivity index (χ0) is 16.3. The lowest BCUT2D eigenvalue weighted by molar-refractivity contribution is -0.146. The van der Waals surface area contributed by atoms with Crippen molar-refractivity contribution in [1.82, 2.24) is 14.7 Å². The number of rotatable bonds is 5. The van der Waals surface area contributed by atoms with Gasteiger partial charge in [-0.15, -0.1) is 0 Å². The number of carbonyl (C=O) groups is 3. The first-order chi connectivity index (χ1) is 10.4. The maximum atomic E-state index is 12.5. The minimum Gasteiger partial charge on any atom is -0.481 e. The smallest absolute Gasteiger partial charge is 0.308 e. The van der Waals surface area contributed by atoms with Crippen LogP contribution in [0.5, 0.6) is 0 Å². The van der Waals surface area contributed by atoms with E-state index in [4.69, 9.17) is 5.11 Å². The molecule has 7 heteroatoms. The molecule has 2 amide bonds. The Balaban J connectivity index is 1.90. The standard InChI is InChI=1S/C15H25N3O4/c1-16(2)6-7-17-10-12(8-13(17)19)14(20)18-5-3-4-11(9-18)15(21)22/h11-12H,3-10H2,1-2H3,(H,21,22). The minimum atomic E-state index is -0.840. The number of hydrogen-bond donors (Lipinski definition) is 1. The molecule has 0 aromatic carbocycles. The Morgan fingerprint density at radius 2 is 2.00 bits per heavy atom. The Kier molecular flexibility index (Phi) is 5.39. The van der Waals surface area contributed by atoms with E-state index in [0.29, 0.717) is 32.5 Å². The normalized spacial score (nSPS) is 25.9. The molecule has 2 aliphatic rings. The Hall–Kier alpha value is -1.63. The molecule has 2 saturated heterocycles. The fourth-order valence-electron chi connectivity index (χ4n) is 3.11. The van der Waals surface area contributed by atoms with E-state index in [-0.39, 0.29) is 30.7 Å². The second kappa shape index (κ2) is 7.09. The van der Waals surface area contributed by atoms with Crippen molar-refractivity contribution in [2.24, 2.45) is 11.8 Å². The second-order valence-corrected chi connectivity index (χ2v) is 6.51. The molecular weight excluding hydrogens is 286 g/mol. The highest BCUT2D eigenvalue weighted by atomic mass is 16.4. The van der Waals surface area contributed by atoms with E-state index < -0.39 is 11.9 Å². The molecule has 0 aromatic rings. The molecule has 2 aliphatic heterocycles. The first-order valence-electron chi connectivity index (χ1n) is 7.82. The Bertz CT molecular complexity index is 452. The molecule has 7 nitrogen and oxygen atoms in total. The molecule has 0 aromatic heterocycles. The molecule has 2 unspecified atom stereocenters. The number of nitrogens with zero attached hydrogens (tertiary/aromatic N) is 3. The van der Waals surface area contributed by atoms with E-state index in [1.54, 1.807) is 9.80 Å². The van der Waals surface area contributed by atoms with Crippen molar-refractivity contribution in [3.05, 3.63) is 0 Å². The number of amides is 2. The number of aliphatic carboxylic acids is 1. The lowest BCUT2D eigenvalue weighted by Crippen LogP contribution is -2.45. The van der Waals surface area contributed by atoms with E-state index in [1.165, 1.54) is 0 Å². The summed E-state index contributed by atoms with van der Waals surface area (Å²) in [6.45, 7) is 2.74. The van der Waals surface area contributed by atoms with E-state index in [9.17, 15) is 14.4 Å². The highest BCUT2D eigenvalue weighted by molar-refractivity contribution is 5.89. The Labute approximate surface area is 130 Å². The van der Waals surface area contributed by atoms with Gasteiger partial charge in [-0.3, -0.25) is 14.4 Å². The summed E-state index contributed by atoms with van der Waals surface area (Å²) in [5.74, 6) is -1.67. The van der Waals surface area contributed by atoms with Gasteiger partial charge in [0.15, 0.2) is 0 Å². The number of carboxylic acid groups (broad SMARTS) is 1. The summed E-state index contributed by atoms with van der Waals surface area (Å²) < 4.78 is 0. The largest absolute Gasteiger partial charge is 0.481 e. The van der Waals surface area contributed by atoms with Crippen LogP contribution in [0.2, 0.25) is 0 Å². The first-order valence-corrected chi connectivity index (χ1v) is 7.82. The van der Waals surface area contributed by atoms with Gasteiger partial charge in [0.1, 0.15) is 0 Å². The van der Waals surface area contributed by atoms with Gasteiger partial charge in [0.25, 0.3) is 0 Å².